The summed E-state index contributed by atoms with van der Waals surface area (Å²) < 4.78 is 15.1. The molecule has 0 aliphatic carbocycles. The van der Waals surface area contributed by atoms with Crippen molar-refractivity contribution in [1.29, 1.82) is 0 Å². The van der Waals surface area contributed by atoms with E-state index in [-0.39, 0.29) is 17.7 Å². The number of benzene rings is 1. The molecule has 0 amide bonds. The maximum absolute atomic E-state index is 9.71. The number of aliphatic hydroxyl groups is 1. The van der Waals surface area contributed by atoms with E-state index in [0.29, 0.717) is 17.6 Å². The Labute approximate surface area is 179 Å². The van der Waals surface area contributed by atoms with Crippen LogP contribution < -0.4 is 4.74 Å². The van der Waals surface area contributed by atoms with Crippen LogP contribution in [0.5, 0.6) is 5.75 Å². The summed E-state index contributed by atoms with van der Waals surface area (Å²) >= 11 is 6.91. The van der Waals surface area contributed by atoms with Gasteiger partial charge in [0.05, 0.1) is 34.9 Å². The lowest BCUT2D eigenvalue weighted by Crippen LogP contribution is -2.44. The van der Waals surface area contributed by atoms with Gasteiger partial charge < -0.3 is 14.3 Å². The fourth-order valence-corrected chi connectivity index (χ4v) is 4.86. The van der Waals surface area contributed by atoms with Crippen LogP contribution in [0.4, 0.5) is 0 Å². The minimum absolute atomic E-state index is 0.0562. The second kappa shape index (κ2) is 8.94. The molecular formula is C19H30Br2N2O3Si. The Morgan fingerprint density at radius 2 is 1.96 bits per heavy atom. The zero-order valence-corrected chi connectivity index (χ0v) is 21.1. The summed E-state index contributed by atoms with van der Waals surface area (Å²) in [5, 5.41) is 16.0. The van der Waals surface area contributed by atoms with Crippen molar-refractivity contribution in [3.63, 3.8) is 0 Å². The highest BCUT2D eigenvalue weighted by Crippen LogP contribution is 2.38. The second-order valence-corrected chi connectivity index (χ2v) is 14.6. The third kappa shape index (κ3) is 5.56. The third-order valence-corrected chi connectivity index (χ3v) is 11.2. The van der Waals surface area contributed by atoms with Crippen molar-refractivity contribution in [2.75, 3.05) is 11.9 Å². The Kier molecular flexibility index (Phi) is 7.58. The molecule has 8 heteroatoms. The molecule has 2 unspecified atom stereocenters. The van der Waals surface area contributed by atoms with E-state index in [2.05, 4.69) is 77.7 Å². The zero-order valence-electron chi connectivity index (χ0n) is 16.9. The first-order chi connectivity index (χ1) is 12.5. The first kappa shape index (κ1) is 22.9. The fourth-order valence-electron chi connectivity index (χ4n) is 2.56. The van der Waals surface area contributed by atoms with Crippen molar-refractivity contribution in [3.8, 4) is 5.75 Å². The van der Waals surface area contributed by atoms with Crippen molar-refractivity contribution >= 4 is 51.1 Å². The highest BCUT2D eigenvalue weighted by molar-refractivity contribution is 9.10. The van der Waals surface area contributed by atoms with Crippen molar-refractivity contribution < 1.29 is 14.3 Å². The lowest BCUT2D eigenvalue weighted by atomic mass is 10.2. The van der Waals surface area contributed by atoms with Gasteiger partial charge in [0, 0.05) is 10.7 Å². The second-order valence-electron chi connectivity index (χ2n) is 8.45. The number of ether oxygens (including phenoxy) is 1. The molecule has 5 nitrogen and oxygen atoms in total. The first-order valence-corrected chi connectivity index (χ1v) is 14.0. The predicted octanol–water partition coefficient (Wildman–Crippen LogP) is 5.34. The van der Waals surface area contributed by atoms with E-state index in [1.54, 1.807) is 0 Å². The number of alkyl halides is 1. The average Bonchev–Trinajstić information content (AvgIpc) is 2.95. The summed E-state index contributed by atoms with van der Waals surface area (Å²) in [4.78, 5) is 0. The molecule has 1 aromatic carbocycles. The Balaban J connectivity index is 2.21. The van der Waals surface area contributed by atoms with E-state index in [1.165, 1.54) is 0 Å². The van der Waals surface area contributed by atoms with Crippen LogP contribution >= 0.6 is 31.9 Å². The van der Waals surface area contributed by atoms with E-state index >= 15 is 0 Å². The predicted molar refractivity (Wildman–Crippen MR) is 120 cm³/mol. The topological polar surface area (TPSA) is 56.5 Å². The number of rotatable bonds is 8. The highest BCUT2D eigenvalue weighted by atomic mass is 79.9. The first-order valence-electron chi connectivity index (χ1n) is 9.15. The third-order valence-electron chi connectivity index (χ3n) is 5.05. The van der Waals surface area contributed by atoms with Gasteiger partial charge in [-0.2, -0.15) is 5.10 Å². The molecule has 0 spiro atoms. The zero-order chi connectivity index (χ0) is 20.4. The molecule has 0 bridgehead atoms. The molecule has 0 fully saturated rings. The van der Waals surface area contributed by atoms with Crippen molar-refractivity contribution in [2.45, 2.75) is 64.6 Å². The molecule has 152 valence electrons. The number of aromatic nitrogens is 2. The van der Waals surface area contributed by atoms with Gasteiger partial charge in [-0.3, -0.25) is 4.68 Å². The van der Waals surface area contributed by atoms with Crippen molar-refractivity contribution in [3.05, 3.63) is 22.8 Å². The van der Waals surface area contributed by atoms with Crippen LogP contribution in [-0.4, -0.2) is 47.3 Å². The summed E-state index contributed by atoms with van der Waals surface area (Å²) in [5.74, 6) is 0.696. The number of hydrogen-bond donors (Lipinski definition) is 1. The van der Waals surface area contributed by atoms with Gasteiger partial charge in [0.2, 0.25) is 0 Å². The van der Waals surface area contributed by atoms with Crippen LogP contribution in [0.2, 0.25) is 18.1 Å². The molecule has 0 radical (unpaired) electrons. The van der Waals surface area contributed by atoms with Crippen molar-refractivity contribution in [1.82, 2.24) is 9.78 Å². The molecule has 1 heterocycles. The van der Waals surface area contributed by atoms with Gasteiger partial charge in [-0.15, -0.1) is 0 Å². The number of nitrogens with zero attached hydrogens (tertiary/aromatic N) is 2. The molecule has 27 heavy (non-hydrogen) atoms. The van der Waals surface area contributed by atoms with Crippen LogP contribution in [0.3, 0.4) is 0 Å². The molecule has 1 aromatic heterocycles. The quantitative estimate of drug-likeness (QED) is 0.376. The summed E-state index contributed by atoms with van der Waals surface area (Å²) in [6.07, 6.45) is 1.37. The van der Waals surface area contributed by atoms with Gasteiger partial charge in [0.1, 0.15) is 12.4 Å². The molecule has 1 N–H and O–H groups in total. The average molecular weight is 522 g/mol. The monoisotopic (exact) mass is 520 g/mol. The molecular weight excluding hydrogens is 492 g/mol. The Morgan fingerprint density at radius 1 is 1.30 bits per heavy atom. The lowest BCUT2D eigenvalue weighted by molar-refractivity contribution is 0.127. The van der Waals surface area contributed by atoms with E-state index in [0.717, 1.165) is 15.4 Å². The van der Waals surface area contributed by atoms with Gasteiger partial charge in [-0.25, -0.2) is 0 Å². The van der Waals surface area contributed by atoms with E-state index < -0.39 is 14.4 Å². The van der Waals surface area contributed by atoms with E-state index in [4.69, 9.17) is 9.16 Å². The van der Waals surface area contributed by atoms with Crippen LogP contribution in [-0.2, 0) is 11.0 Å². The molecule has 0 aliphatic heterocycles. The van der Waals surface area contributed by atoms with E-state index in [1.807, 2.05) is 23.0 Å². The summed E-state index contributed by atoms with van der Waals surface area (Å²) in [7, 11) is -1.83. The Morgan fingerprint density at radius 3 is 2.56 bits per heavy atom. The van der Waals surface area contributed by atoms with Gasteiger partial charge in [0.25, 0.3) is 0 Å². The highest BCUT2D eigenvalue weighted by Gasteiger charge is 2.38. The van der Waals surface area contributed by atoms with Gasteiger partial charge >= 0.3 is 0 Å². The maximum atomic E-state index is 9.71. The number of aliphatic hydroxyl groups excluding tert-OH is 1. The largest absolute Gasteiger partial charge is 0.490 e. The Hall–Kier alpha value is -0.413. The number of hydrogen-bond acceptors (Lipinski definition) is 4. The SMILES string of the molecule is CC(Cn1ncc2ccc(OCC(O)CBr)c(Br)c21)O[Si](C)(C)C(C)(C)C. The summed E-state index contributed by atoms with van der Waals surface area (Å²) in [6, 6.07) is 3.88. The number of halogens is 2. The van der Waals surface area contributed by atoms with Gasteiger partial charge in [-0.05, 0) is 53.1 Å². The molecule has 2 aromatic rings. The van der Waals surface area contributed by atoms with Gasteiger partial charge in [-0.1, -0.05) is 36.7 Å². The van der Waals surface area contributed by atoms with Gasteiger partial charge in [0.15, 0.2) is 8.32 Å². The fraction of sp³-hybridized carbons (Fsp3) is 0.632. The summed E-state index contributed by atoms with van der Waals surface area (Å²) in [5.41, 5.74) is 0.978. The molecule has 2 rings (SSSR count). The molecule has 0 saturated carbocycles. The maximum Gasteiger partial charge on any atom is 0.192 e. The van der Waals surface area contributed by atoms with Crippen LogP contribution in [0.15, 0.2) is 22.8 Å². The molecule has 2 atom stereocenters. The van der Waals surface area contributed by atoms with Crippen LogP contribution in [0.25, 0.3) is 10.9 Å². The summed E-state index contributed by atoms with van der Waals surface area (Å²) in [6.45, 7) is 14.3. The molecule has 0 saturated heterocycles. The standard InChI is InChI=1S/C19H30Br2N2O3Si/c1-13(26-27(5,6)19(2,3)4)11-23-18-14(10-22-23)7-8-16(17(18)21)25-12-15(24)9-20/h7-8,10,13,15,24H,9,11-12H2,1-6H3. The van der Waals surface area contributed by atoms with Crippen molar-refractivity contribution in [2.24, 2.45) is 0 Å². The molecule has 0 aliphatic rings. The number of fused-ring (bicyclic) bond motifs is 1. The van der Waals surface area contributed by atoms with E-state index in [9.17, 15) is 5.11 Å². The minimum Gasteiger partial charge on any atom is -0.490 e. The Bertz CT molecular complexity index is 774. The smallest absolute Gasteiger partial charge is 0.192 e. The lowest BCUT2D eigenvalue weighted by Gasteiger charge is -2.38. The normalized spacial score (nSPS) is 15.1. The minimum atomic E-state index is -1.83. The van der Waals surface area contributed by atoms with Crippen LogP contribution in [0, 0.1) is 0 Å². The van der Waals surface area contributed by atoms with Crippen LogP contribution in [0.1, 0.15) is 27.7 Å².